The summed E-state index contributed by atoms with van der Waals surface area (Å²) in [5.41, 5.74) is 1.40. The molecular weight excluding hydrogens is 300 g/mol. The molecule has 1 aliphatic rings. The van der Waals surface area contributed by atoms with Gasteiger partial charge in [-0.2, -0.15) is 0 Å². The lowest BCUT2D eigenvalue weighted by Crippen LogP contribution is -2.40. The third kappa shape index (κ3) is 4.59. The Labute approximate surface area is 125 Å². The van der Waals surface area contributed by atoms with Crippen LogP contribution < -0.4 is 5.32 Å². The van der Waals surface area contributed by atoms with E-state index in [4.69, 9.17) is 0 Å². The van der Waals surface area contributed by atoms with E-state index >= 15 is 0 Å². The highest BCUT2D eigenvalue weighted by Crippen LogP contribution is 2.15. The summed E-state index contributed by atoms with van der Waals surface area (Å²) in [5.74, 6) is 0. The molecule has 2 unspecified atom stereocenters. The SMILES string of the molecule is CC(Cc1ccc(Br)cc1)NC1CCN(C(C)C)C1. The molecule has 1 N–H and O–H groups in total. The number of nitrogens with zero attached hydrogens (tertiary/aromatic N) is 1. The molecule has 1 aromatic rings. The topological polar surface area (TPSA) is 15.3 Å². The first-order valence-electron chi connectivity index (χ1n) is 7.29. The van der Waals surface area contributed by atoms with Crippen molar-refractivity contribution in [3.8, 4) is 0 Å². The van der Waals surface area contributed by atoms with Crippen molar-refractivity contribution in [2.24, 2.45) is 0 Å². The van der Waals surface area contributed by atoms with E-state index in [0.717, 1.165) is 10.9 Å². The van der Waals surface area contributed by atoms with Gasteiger partial charge in [-0.3, -0.25) is 4.90 Å². The summed E-state index contributed by atoms with van der Waals surface area (Å²) >= 11 is 3.48. The van der Waals surface area contributed by atoms with Gasteiger partial charge in [-0.05, 0) is 57.9 Å². The normalized spacial score (nSPS) is 22.1. The van der Waals surface area contributed by atoms with Crippen LogP contribution in [0.25, 0.3) is 0 Å². The smallest absolute Gasteiger partial charge is 0.0209 e. The fourth-order valence-electron chi connectivity index (χ4n) is 2.83. The van der Waals surface area contributed by atoms with E-state index < -0.39 is 0 Å². The van der Waals surface area contributed by atoms with Crippen LogP contribution in [0.5, 0.6) is 0 Å². The Bertz CT molecular complexity index is 388. The van der Waals surface area contributed by atoms with Gasteiger partial charge >= 0.3 is 0 Å². The van der Waals surface area contributed by atoms with Gasteiger partial charge in [-0.1, -0.05) is 28.1 Å². The zero-order valence-electron chi connectivity index (χ0n) is 12.2. The number of rotatable bonds is 5. The minimum absolute atomic E-state index is 0.540. The third-order valence-electron chi connectivity index (χ3n) is 3.93. The molecule has 19 heavy (non-hydrogen) atoms. The first kappa shape index (κ1) is 15.0. The van der Waals surface area contributed by atoms with E-state index in [9.17, 15) is 0 Å². The van der Waals surface area contributed by atoms with Crippen LogP contribution in [0.15, 0.2) is 28.7 Å². The average Bonchev–Trinajstić information content (AvgIpc) is 2.80. The van der Waals surface area contributed by atoms with Crippen molar-refractivity contribution in [1.82, 2.24) is 10.2 Å². The summed E-state index contributed by atoms with van der Waals surface area (Å²) in [4.78, 5) is 2.56. The lowest BCUT2D eigenvalue weighted by Gasteiger charge is -2.22. The second kappa shape index (κ2) is 6.87. The fourth-order valence-corrected chi connectivity index (χ4v) is 3.09. The predicted octanol–water partition coefficient (Wildman–Crippen LogP) is 3.45. The molecule has 0 radical (unpaired) electrons. The zero-order chi connectivity index (χ0) is 13.8. The molecule has 106 valence electrons. The van der Waals surface area contributed by atoms with Gasteiger partial charge in [0.1, 0.15) is 0 Å². The van der Waals surface area contributed by atoms with Crippen molar-refractivity contribution < 1.29 is 0 Å². The van der Waals surface area contributed by atoms with E-state index in [1.165, 1.54) is 25.1 Å². The second-order valence-corrected chi connectivity index (χ2v) is 6.89. The van der Waals surface area contributed by atoms with Crippen molar-refractivity contribution in [3.05, 3.63) is 34.3 Å². The average molecular weight is 325 g/mol. The Hall–Kier alpha value is -0.380. The molecule has 0 amide bonds. The Morgan fingerprint density at radius 3 is 2.53 bits per heavy atom. The summed E-state index contributed by atoms with van der Waals surface area (Å²) in [6.07, 6.45) is 2.38. The van der Waals surface area contributed by atoms with Crippen molar-refractivity contribution in [2.45, 2.75) is 51.7 Å². The monoisotopic (exact) mass is 324 g/mol. The number of hydrogen-bond donors (Lipinski definition) is 1. The summed E-state index contributed by atoms with van der Waals surface area (Å²) in [6, 6.07) is 10.5. The van der Waals surface area contributed by atoms with Gasteiger partial charge in [-0.25, -0.2) is 0 Å². The molecule has 1 aromatic carbocycles. The van der Waals surface area contributed by atoms with Crippen LogP contribution >= 0.6 is 15.9 Å². The van der Waals surface area contributed by atoms with Crippen molar-refractivity contribution >= 4 is 15.9 Å². The molecule has 1 saturated heterocycles. The zero-order valence-corrected chi connectivity index (χ0v) is 13.8. The van der Waals surface area contributed by atoms with Gasteiger partial charge in [-0.15, -0.1) is 0 Å². The molecule has 0 aromatic heterocycles. The molecule has 0 aliphatic carbocycles. The summed E-state index contributed by atoms with van der Waals surface area (Å²) in [5, 5.41) is 3.77. The van der Waals surface area contributed by atoms with Crippen LogP contribution in [-0.2, 0) is 6.42 Å². The maximum Gasteiger partial charge on any atom is 0.0209 e. The van der Waals surface area contributed by atoms with Gasteiger partial charge in [0.2, 0.25) is 0 Å². The number of benzene rings is 1. The van der Waals surface area contributed by atoms with Gasteiger partial charge < -0.3 is 5.32 Å². The summed E-state index contributed by atoms with van der Waals surface area (Å²) in [7, 11) is 0. The van der Waals surface area contributed by atoms with E-state index in [1.54, 1.807) is 0 Å². The Morgan fingerprint density at radius 1 is 1.26 bits per heavy atom. The number of nitrogens with one attached hydrogen (secondary N) is 1. The van der Waals surface area contributed by atoms with Crippen molar-refractivity contribution in [1.29, 1.82) is 0 Å². The van der Waals surface area contributed by atoms with Gasteiger partial charge in [0, 0.05) is 29.1 Å². The molecule has 2 atom stereocenters. The Morgan fingerprint density at radius 2 is 1.95 bits per heavy atom. The number of hydrogen-bond acceptors (Lipinski definition) is 2. The van der Waals surface area contributed by atoms with Crippen molar-refractivity contribution in [3.63, 3.8) is 0 Å². The quantitative estimate of drug-likeness (QED) is 0.892. The van der Waals surface area contributed by atoms with Gasteiger partial charge in [0.25, 0.3) is 0 Å². The van der Waals surface area contributed by atoms with Crippen molar-refractivity contribution in [2.75, 3.05) is 13.1 Å². The molecule has 1 fully saturated rings. The molecule has 1 aliphatic heterocycles. The molecule has 1 heterocycles. The largest absolute Gasteiger partial charge is 0.310 e. The lowest BCUT2D eigenvalue weighted by molar-refractivity contribution is 0.266. The summed E-state index contributed by atoms with van der Waals surface area (Å²) < 4.78 is 1.15. The minimum atomic E-state index is 0.540. The molecular formula is C16H25BrN2. The van der Waals surface area contributed by atoms with Gasteiger partial charge in [0.15, 0.2) is 0 Å². The number of halogens is 1. The maximum absolute atomic E-state index is 3.77. The second-order valence-electron chi connectivity index (χ2n) is 5.97. The minimum Gasteiger partial charge on any atom is -0.310 e. The van der Waals surface area contributed by atoms with Crippen LogP contribution in [0, 0.1) is 0 Å². The van der Waals surface area contributed by atoms with E-state index in [1.807, 2.05) is 0 Å². The highest BCUT2D eigenvalue weighted by atomic mass is 79.9. The molecule has 3 heteroatoms. The number of likely N-dealkylation sites (tertiary alicyclic amines) is 1. The van der Waals surface area contributed by atoms with Crippen LogP contribution in [0.2, 0.25) is 0 Å². The third-order valence-corrected chi connectivity index (χ3v) is 4.45. The predicted molar refractivity (Wildman–Crippen MR) is 85.6 cm³/mol. The lowest BCUT2D eigenvalue weighted by atomic mass is 10.1. The molecule has 2 rings (SSSR count). The Kier molecular flexibility index (Phi) is 5.43. The first-order chi connectivity index (χ1) is 9.04. The molecule has 0 spiro atoms. The van der Waals surface area contributed by atoms with E-state index in [-0.39, 0.29) is 0 Å². The first-order valence-corrected chi connectivity index (χ1v) is 8.08. The standard InChI is InChI=1S/C16H25BrN2/c1-12(2)19-9-8-16(11-19)18-13(3)10-14-4-6-15(17)7-5-14/h4-7,12-13,16,18H,8-11H2,1-3H3. The highest BCUT2D eigenvalue weighted by molar-refractivity contribution is 9.10. The van der Waals surface area contributed by atoms with Crippen LogP contribution in [0.1, 0.15) is 32.8 Å². The Balaban J connectivity index is 1.78. The van der Waals surface area contributed by atoms with E-state index in [2.05, 4.69) is 71.2 Å². The maximum atomic E-state index is 3.77. The van der Waals surface area contributed by atoms with Gasteiger partial charge in [0.05, 0.1) is 0 Å². The van der Waals surface area contributed by atoms with Crippen LogP contribution in [0.4, 0.5) is 0 Å². The molecule has 0 bridgehead atoms. The highest BCUT2D eigenvalue weighted by Gasteiger charge is 2.24. The molecule has 0 saturated carbocycles. The van der Waals surface area contributed by atoms with Crippen LogP contribution in [0.3, 0.4) is 0 Å². The molecule has 2 nitrogen and oxygen atoms in total. The fraction of sp³-hybridized carbons (Fsp3) is 0.625. The van der Waals surface area contributed by atoms with Crippen LogP contribution in [-0.4, -0.2) is 36.1 Å². The summed E-state index contributed by atoms with van der Waals surface area (Å²) in [6.45, 7) is 9.30. The van der Waals surface area contributed by atoms with E-state index in [0.29, 0.717) is 18.1 Å².